The average molecular weight is 420 g/mol. The SMILES string of the molecule is COc1ccccc1NS(=O)(=O)c1cccc(NC(=O)[C@@H](NC(C)=O)C(C)C)c1. The second-order valence-corrected chi connectivity index (χ2v) is 8.43. The fourth-order valence-corrected chi connectivity index (χ4v) is 3.76. The maximum Gasteiger partial charge on any atom is 0.262 e. The number of ether oxygens (including phenoxy) is 1. The Morgan fingerprint density at radius 2 is 1.72 bits per heavy atom. The fourth-order valence-electron chi connectivity index (χ4n) is 2.65. The summed E-state index contributed by atoms with van der Waals surface area (Å²) in [6.45, 7) is 4.94. The number of hydrogen-bond acceptors (Lipinski definition) is 5. The Morgan fingerprint density at radius 1 is 1.03 bits per heavy atom. The van der Waals surface area contributed by atoms with Crippen molar-refractivity contribution in [3.05, 3.63) is 48.5 Å². The molecule has 0 heterocycles. The molecule has 2 aromatic carbocycles. The van der Waals surface area contributed by atoms with Crippen LogP contribution in [0.4, 0.5) is 11.4 Å². The topological polar surface area (TPSA) is 114 Å². The second-order valence-electron chi connectivity index (χ2n) is 6.75. The van der Waals surface area contributed by atoms with E-state index in [1.54, 1.807) is 44.2 Å². The largest absolute Gasteiger partial charge is 0.495 e. The number of sulfonamides is 1. The summed E-state index contributed by atoms with van der Waals surface area (Å²) in [5.74, 6) is -0.507. The number of carbonyl (C=O) groups excluding carboxylic acids is 2. The molecule has 9 heteroatoms. The van der Waals surface area contributed by atoms with E-state index in [1.165, 1.54) is 32.2 Å². The Balaban J connectivity index is 2.23. The molecule has 0 aliphatic carbocycles. The lowest BCUT2D eigenvalue weighted by Crippen LogP contribution is -2.46. The molecule has 29 heavy (non-hydrogen) atoms. The molecule has 2 aromatic rings. The average Bonchev–Trinajstić information content (AvgIpc) is 2.66. The van der Waals surface area contributed by atoms with E-state index in [4.69, 9.17) is 4.74 Å². The molecule has 0 radical (unpaired) electrons. The van der Waals surface area contributed by atoms with E-state index in [2.05, 4.69) is 15.4 Å². The van der Waals surface area contributed by atoms with Crippen molar-refractivity contribution in [1.29, 1.82) is 0 Å². The second kappa shape index (κ2) is 9.42. The molecule has 2 amide bonds. The zero-order valence-electron chi connectivity index (χ0n) is 16.7. The summed E-state index contributed by atoms with van der Waals surface area (Å²) < 4.78 is 33.2. The van der Waals surface area contributed by atoms with Crippen molar-refractivity contribution in [2.75, 3.05) is 17.1 Å². The number of methoxy groups -OCH3 is 1. The van der Waals surface area contributed by atoms with E-state index < -0.39 is 22.0 Å². The van der Waals surface area contributed by atoms with Gasteiger partial charge in [-0.3, -0.25) is 14.3 Å². The smallest absolute Gasteiger partial charge is 0.262 e. The van der Waals surface area contributed by atoms with Crippen molar-refractivity contribution in [2.24, 2.45) is 5.92 Å². The summed E-state index contributed by atoms with van der Waals surface area (Å²) in [6, 6.07) is 11.8. The highest BCUT2D eigenvalue weighted by atomic mass is 32.2. The summed E-state index contributed by atoms with van der Waals surface area (Å²) in [5.41, 5.74) is 0.601. The van der Waals surface area contributed by atoms with E-state index in [0.29, 0.717) is 17.1 Å². The minimum Gasteiger partial charge on any atom is -0.495 e. The minimum atomic E-state index is -3.91. The number of nitrogens with one attached hydrogen (secondary N) is 3. The van der Waals surface area contributed by atoms with Crippen LogP contribution >= 0.6 is 0 Å². The van der Waals surface area contributed by atoms with Crippen LogP contribution in [0, 0.1) is 5.92 Å². The van der Waals surface area contributed by atoms with Gasteiger partial charge in [0.15, 0.2) is 0 Å². The quantitative estimate of drug-likeness (QED) is 0.609. The zero-order chi connectivity index (χ0) is 21.6. The zero-order valence-corrected chi connectivity index (χ0v) is 17.5. The summed E-state index contributed by atoms with van der Waals surface area (Å²) in [4.78, 5) is 23.8. The summed E-state index contributed by atoms with van der Waals surface area (Å²) in [5, 5.41) is 5.25. The van der Waals surface area contributed by atoms with E-state index in [1.807, 2.05) is 0 Å². The molecule has 1 atom stereocenters. The van der Waals surface area contributed by atoms with Gasteiger partial charge >= 0.3 is 0 Å². The normalized spacial score (nSPS) is 12.2. The van der Waals surface area contributed by atoms with Crippen molar-refractivity contribution in [3.8, 4) is 5.75 Å². The van der Waals surface area contributed by atoms with Gasteiger partial charge in [-0.1, -0.05) is 32.0 Å². The van der Waals surface area contributed by atoms with Gasteiger partial charge in [0.05, 0.1) is 17.7 Å². The Morgan fingerprint density at radius 3 is 2.34 bits per heavy atom. The van der Waals surface area contributed by atoms with E-state index in [9.17, 15) is 18.0 Å². The molecule has 0 aliphatic heterocycles. The number of carbonyl (C=O) groups is 2. The van der Waals surface area contributed by atoms with E-state index >= 15 is 0 Å². The molecule has 0 saturated carbocycles. The first kappa shape index (κ1) is 22.2. The van der Waals surface area contributed by atoms with Crippen LogP contribution in [0.3, 0.4) is 0 Å². The van der Waals surface area contributed by atoms with Crippen molar-refractivity contribution in [2.45, 2.75) is 31.7 Å². The Hall–Kier alpha value is -3.07. The number of para-hydroxylation sites is 2. The van der Waals surface area contributed by atoms with Gasteiger partial charge in [-0.15, -0.1) is 0 Å². The number of amides is 2. The highest BCUT2D eigenvalue weighted by Gasteiger charge is 2.24. The number of anilines is 2. The highest BCUT2D eigenvalue weighted by Crippen LogP contribution is 2.27. The Bertz CT molecular complexity index is 989. The lowest BCUT2D eigenvalue weighted by atomic mass is 10.0. The molecule has 0 aliphatic rings. The van der Waals surface area contributed by atoms with Crippen LogP contribution in [0.25, 0.3) is 0 Å². The summed E-state index contributed by atoms with van der Waals surface area (Å²) >= 11 is 0. The number of rotatable bonds is 8. The molecule has 0 aromatic heterocycles. The first-order valence-electron chi connectivity index (χ1n) is 8.98. The maximum atomic E-state index is 12.8. The number of hydrogen-bond donors (Lipinski definition) is 3. The predicted octanol–water partition coefficient (Wildman–Crippen LogP) is 2.60. The monoisotopic (exact) mass is 419 g/mol. The van der Waals surface area contributed by atoms with Crippen molar-refractivity contribution in [3.63, 3.8) is 0 Å². The molecular weight excluding hydrogens is 394 g/mol. The first-order valence-corrected chi connectivity index (χ1v) is 10.5. The van der Waals surface area contributed by atoms with Crippen molar-refractivity contribution < 1.29 is 22.7 Å². The maximum absolute atomic E-state index is 12.8. The molecule has 0 unspecified atom stereocenters. The van der Waals surface area contributed by atoms with E-state index in [0.717, 1.165) is 0 Å². The Kier molecular flexibility index (Phi) is 7.22. The molecule has 156 valence electrons. The molecule has 0 spiro atoms. The van der Waals surface area contributed by atoms with Gasteiger partial charge in [-0.2, -0.15) is 0 Å². The molecule has 3 N–H and O–H groups in total. The van der Waals surface area contributed by atoms with Crippen LogP contribution in [-0.4, -0.2) is 33.4 Å². The molecule has 8 nitrogen and oxygen atoms in total. The highest BCUT2D eigenvalue weighted by molar-refractivity contribution is 7.92. The molecular formula is C20H25N3O5S. The lowest BCUT2D eigenvalue weighted by molar-refractivity contribution is -0.126. The first-order chi connectivity index (χ1) is 13.6. The fraction of sp³-hybridized carbons (Fsp3) is 0.300. The van der Waals surface area contributed by atoms with Crippen LogP contribution in [0.2, 0.25) is 0 Å². The predicted molar refractivity (Wildman–Crippen MR) is 111 cm³/mol. The molecule has 2 rings (SSSR count). The van der Waals surface area contributed by atoms with Crippen molar-refractivity contribution in [1.82, 2.24) is 5.32 Å². The van der Waals surface area contributed by atoms with Gasteiger partial charge in [-0.25, -0.2) is 8.42 Å². The van der Waals surface area contributed by atoms with Gasteiger partial charge in [0, 0.05) is 12.6 Å². The third kappa shape index (κ3) is 5.95. The summed E-state index contributed by atoms with van der Waals surface area (Å²) in [6.07, 6.45) is 0. The van der Waals surface area contributed by atoms with Gasteiger partial charge in [0.1, 0.15) is 11.8 Å². The van der Waals surface area contributed by atoms with Gasteiger partial charge in [-0.05, 0) is 36.2 Å². The van der Waals surface area contributed by atoms with Crippen LogP contribution in [0.5, 0.6) is 5.75 Å². The lowest BCUT2D eigenvalue weighted by Gasteiger charge is -2.21. The molecule has 0 bridgehead atoms. The van der Waals surface area contributed by atoms with Crippen LogP contribution in [0.15, 0.2) is 53.4 Å². The van der Waals surface area contributed by atoms with Gasteiger partial charge in [0.25, 0.3) is 10.0 Å². The third-order valence-electron chi connectivity index (χ3n) is 4.07. The molecule has 0 saturated heterocycles. The summed E-state index contributed by atoms with van der Waals surface area (Å²) in [7, 11) is -2.46. The third-order valence-corrected chi connectivity index (χ3v) is 5.43. The van der Waals surface area contributed by atoms with Crippen molar-refractivity contribution >= 4 is 33.2 Å². The van der Waals surface area contributed by atoms with Crippen LogP contribution in [-0.2, 0) is 19.6 Å². The number of benzene rings is 2. The van der Waals surface area contributed by atoms with Gasteiger partial charge in [0.2, 0.25) is 11.8 Å². The molecule has 0 fully saturated rings. The standard InChI is InChI=1S/C20H25N3O5S/c1-13(2)19(21-14(3)24)20(25)22-15-8-7-9-16(12-15)29(26,27)23-17-10-5-6-11-18(17)28-4/h5-13,19,23H,1-4H3,(H,21,24)(H,22,25)/t19-/m0/s1. The van der Waals surface area contributed by atoms with Crippen LogP contribution < -0.4 is 20.1 Å². The van der Waals surface area contributed by atoms with Gasteiger partial charge < -0.3 is 15.4 Å². The van der Waals surface area contributed by atoms with E-state index in [-0.39, 0.29) is 16.7 Å². The Labute approximate surface area is 170 Å². The minimum absolute atomic E-state index is 0.0261. The van der Waals surface area contributed by atoms with Crippen LogP contribution in [0.1, 0.15) is 20.8 Å².